The summed E-state index contributed by atoms with van der Waals surface area (Å²) in [4.78, 5) is 13.4. The van der Waals surface area contributed by atoms with Crippen LogP contribution in [-0.4, -0.2) is 13.1 Å². The number of anilines is 2. The minimum Gasteiger partial charge on any atom is -0.497 e. The summed E-state index contributed by atoms with van der Waals surface area (Å²) in [6, 6.07) is 22.4. The molecule has 1 aliphatic heterocycles. The molecule has 0 saturated heterocycles. The molecule has 0 atom stereocenters. The molecule has 0 saturated carbocycles. The molecule has 0 spiro atoms. The number of para-hydroxylation sites is 1. The van der Waals surface area contributed by atoms with Crippen LogP contribution in [0, 0.1) is 0 Å². The molecular weight excluding hydrogens is 348 g/mol. The van der Waals surface area contributed by atoms with Gasteiger partial charge in [-0.2, -0.15) is 0 Å². The highest BCUT2D eigenvalue weighted by atomic mass is 32.2. The van der Waals surface area contributed by atoms with Gasteiger partial charge in [-0.15, -0.1) is 0 Å². The summed E-state index contributed by atoms with van der Waals surface area (Å²) in [6.45, 7) is 0. The van der Waals surface area contributed by atoms with E-state index < -0.39 is 0 Å². The van der Waals surface area contributed by atoms with E-state index in [9.17, 15) is 4.79 Å². The number of amides is 2. The second-order valence-electron chi connectivity index (χ2n) is 5.59. The van der Waals surface area contributed by atoms with Crippen LogP contribution in [0.3, 0.4) is 0 Å². The first-order valence-corrected chi connectivity index (χ1v) is 8.80. The van der Waals surface area contributed by atoms with Crippen molar-refractivity contribution in [3.8, 4) is 17.2 Å². The van der Waals surface area contributed by atoms with E-state index in [0.717, 1.165) is 22.0 Å². The monoisotopic (exact) mass is 364 g/mol. The van der Waals surface area contributed by atoms with Crippen LogP contribution >= 0.6 is 11.9 Å². The fourth-order valence-electron chi connectivity index (χ4n) is 2.56. The van der Waals surface area contributed by atoms with E-state index in [-0.39, 0.29) is 6.03 Å². The molecule has 0 fully saturated rings. The summed E-state index contributed by atoms with van der Waals surface area (Å²) in [5, 5.41) is 2.89. The van der Waals surface area contributed by atoms with E-state index >= 15 is 0 Å². The summed E-state index contributed by atoms with van der Waals surface area (Å²) in [7, 11) is 1.60. The number of fused-ring (bicyclic) bond motifs is 1. The number of hydrogen-bond donors (Lipinski definition) is 1. The van der Waals surface area contributed by atoms with Crippen LogP contribution < -0.4 is 19.1 Å². The van der Waals surface area contributed by atoms with Gasteiger partial charge in [-0.1, -0.05) is 18.2 Å². The van der Waals surface area contributed by atoms with Gasteiger partial charge in [0.25, 0.3) is 0 Å². The molecule has 0 aliphatic carbocycles. The van der Waals surface area contributed by atoms with Crippen LogP contribution in [0.25, 0.3) is 0 Å². The minimum atomic E-state index is -0.201. The highest BCUT2D eigenvalue weighted by Crippen LogP contribution is 2.40. The van der Waals surface area contributed by atoms with Gasteiger partial charge < -0.3 is 14.8 Å². The van der Waals surface area contributed by atoms with Crippen molar-refractivity contribution in [2.24, 2.45) is 0 Å². The van der Waals surface area contributed by atoms with Gasteiger partial charge in [0, 0.05) is 6.07 Å². The predicted octanol–water partition coefficient (Wildman–Crippen LogP) is 5.55. The lowest BCUT2D eigenvalue weighted by atomic mass is 10.3. The van der Waals surface area contributed by atoms with Crippen molar-refractivity contribution in [1.82, 2.24) is 0 Å². The number of ether oxygens (including phenoxy) is 2. The molecule has 1 N–H and O–H groups in total. The Kier molecular flexibility index (Phi) is 4.41. The summed E-state index contributed by atoms with van der Waals surface area (Å²) in [6.07, 6.45) is 0. The van der Waals surface area contributed by atoms with E-state index in [0.29, 0.717) is 11.5 Å². The first kappa shape index (κ1) is 16.4. The molecular formula is C20H16N2O3S. The summed E-state index contributed by atoms with van der Waals surface area (Å²) >= 11 is 1.37. The second kappa shape index (κ2) is 7.01. The lowest BCUT2D eigenvalue weighted by Gasteiger charge is -2.28. The van der Waals surface area contributed by atoms with E-state index in [1.807, 2.05) is 72.8 Å². The summed E-state index contributed by atoms with van der Waals surface area (Å²) in [5.74, 6) is 2.20. The first-order chi connectivity index (χ1) is 12.7. The number of carbonyl (C=O) groups is 1. The van der Waals surface area contributed by atoms with Crippen LogP contribution in [0.1, 0.15) is 0 Å². The van der Waals surface area contributed by atoms with Crippen molar-refractivity contribution in [1.29, 1.82) is 0 Å². The Morgan fingerprint density at radius 3 is 2.31 bits per heavy atom. The SMILES string of the molecule is COc1ccc2c(c1)NC(=O)N(c1ccc(Oc3ccccc3)cc1)S2. The molecule has 0 radical (unpaired) electrons. The summed E-state index contributed by atoms with van der Waals surface area (Å²) < 4.78 is 12.6. The molecule has 0 aromatic heterocycles. The molecule has 4 rings (SSSR count). The van der Waals surface area contributed by atoms with E-state index in [2.05, 4.69) is 5.32 Å². The predicted molar refractivity (Wildman–Crippen MR) is 103 cm³/mol. The third-order valence-corrected chi connectivity index (χ3v) is 4.96. The van der Waals surface area contributed by atoms with E-state index in [1.54, 1.807) is 11.4 Å². The fourth-order valence-corrected chi connectivity index (χ4v) is 3.45. The molecule has 26 heavy (non-hydrogen) atoms. The van der Waals surface area contributed by atoms with Gasteiger partial charge in [0.15, 0.2) is 0 Å². The Hall–Kier alpha value is -3.12. The van der Waals surface area contributed by atoms with Crippen molar-refractivity contribution in [2.45, 2.75) is 4.90 Å². The van der Waals surface area contributed by atoms with Crippen molar-refractivity contribution in [2.75, 3.05) is 16.7 Å². The number of rotatable bonds is 4. The van der Waals surface area contributed by atoms with Crippen molar-refractivity contribution >= 4 is 29.4 Å². The molecule has 0 bridgehead atoms. The van der Waals surface area contributed by atoms with Gasteiger partial charge in [-0.05, 0) is 60.5 Å². The Bertz CT molecular complexity index is 930. The van der Waals surface area contributed by atoms with Gasteiger partial charge in [-0.3, -0.25) is 0 Å². The van der Waals surface area contributed by atoms with Crippen LogP contribution in [0.4, 0.5) is 16.2 Å². The zero-order chi connectivity index (χ0) is 17.9. The lowest BCUT2D eigenvalue weighted by molar-refractivity contribution is 0.260. The highest BCUT2D eigenvalue weighted by molar-refractivity contribution is 8.01. The van der Waals surface area contributed by atoms with E-state index in [4.69, 9.17) is 9.47 Å². The van der Waals surface area contributed by atoms with Crippen LogP contribution in [0.5, 0.6) is 17.2 Å². The highest BCUT2D eigenvalue weighted by Gasteiger charge is 2.25. The number of hydrogen-bond acceptors (Lipinski definition) is 4. The lowest BCUT2D eigenvalue weighted by Crippen LogP contribution is -2.32. The standard InChI is InChI=1S/C20H16N2O3S/c1-24-17-11-12-19-18(13-17)21-20(23)22(26-19)14-7-9-16(10-8-14)25-15-5-3-2-4-6-15/h2-13H,1H3,(H,21,23). The molecule has 6 heteroatoms. The number of carbonyl (C=O) groups excluding carboxylic acids is 1. The minimum absolute atomic E-state index is 0.201. The molecule has 1 aliphatic rings. The van der Waals surface area contributed by atoms with Crippen LogP contribution in [0.2, 0.25) is 0 Å². The smallest absolute Gasteiger partial charge is 0.336 e. The Morgan fingerprint density at radius 1 is 0.885 bits per heavy atom. The van der Waals surface area contributed by atoms with Crippen LogP contribution in [-0.2, 0) is 0 Å². The average Bonchev–Trinajstić information content (AvgIpc) is 2.68. The van der Waals surface area contributed by atoms with Gasteiger partial charge in [-0.25, -0.2) is 9.10 Å². The van der Waals surface area contributed by atoms with Gasteiger partial charge in [0.05, 0.1) is 23.4 Å². The maximum Gasteiger partial charge on any atom is 0.336 e. The van der Waals surface area contributed by atoms with Gasteiger partial charge in [0.2, 0.25) is 0 Å². The largest absolute Gasteiger partial charge is 0.497 e. The van der Waals surface area contributed by atoms with Gasteiger partial charge in [0.1, 0.15) is 17.2 Å². The number of nitrogens with zero attached hydrogens (tertiary/aromatic N) is 1. The zero-order valence-corrected chi connectivity index (χ0v) is 14.8. The fraction of sp³-hybridized carbons (Fsp3) is 0.0500. The molecule has 1 heterocycles. The number of nitrogens with one attached hydrogen (secondary N) is 1. The van der Waals surface area contributed by atoms with E-state index in [1.165, 1.54) is 11.9 Å². The number of benzene rings is 3. The Labute approximate surface area is 155 Å². The van der Waals surface area contributed by atoms with Crippen molar-refractivity contribution in [3.63, 3.8) is 0 Å². The van der Waals surface area contributed by atoms with Crippen molar-refractivity contribution < 1.29 is 14.3 Å². The average molecular weight is 364 g/mol. The Morgan fingerprint density at radius 2 is 1.58 bits per heavy atom. The van der Waals surface area contributed by atoms with Crippen molar-refractivity contribution in [3.05, 3.63) is 72.8 Å². The zero-order valence-electron chi connectivity index (χ0n) is 14.0. The molecule has 5 nitrogen and oxygen atoms in total. The normalized spacial score (nSPS) is 13.0. The number of methoxy groups -OCH3 is 1. The van der Waals surface area contributed by atoms with Gasteiger partial charge >= 0.3 is 6.03 Å². The maximum absolute atomic E-state index is 12.5. The quantitative estimate of drug-likeness (QED) is 0.617. The third kappa shape index (κ3) is 3.32. The molecule has 2 amide bonds. The number of urea groups is 1. The van der Waals surface area contributed by atoms with Crippen LogP contribution in [0.15, 0.2) is 77.7 Å². The molecule has 0 unspecified atom stereocenters. The summed E-state index contributed by atoms with van der Waals surface area (Å²) in [5.41, 5.74) is 1.52. The molecule has 3 aromatic rings. The topological polar surface area (TPSA) is 50.8 Å². The molecule has 130 valence electrons. The second-order valence-corrected chi connectivity index (χ2v) is 6.57. The first-order valence-electron chi connectivity index (χ1n) is 8.03. The third-order valence-electron chi connectivity index (χ3n) is 3.85. The Balaban J connectivity index is 1.53. The molecule has 3 aromatic carbocycles. The maximum atomic E-state index is 12.5.